The number of aromatic nitrogens is 2. The molecule has 0 aliphatic carbocycles. The quantitative estimate of drug-likeness (QED) is 0.649. The van der Waals surface area contributed by atoms with Crippen LogP contribution in [0.3, 0.4) is 0 Å². The van der Waals surface area contributed by atoms with E-state index in [0.717, 1.165) is 10.1 Å². The normalized spacial score (nSPS) is 10.7. The van der Waals surface area contributed by atoms with Crippen molar-refractivity contribution in [1.82, 2.24) is 9.30 Å². The molecule has 0 radical (unpaired) electrons. The fraction of sp³-hybridized carbons (Fsp3) is 0.200. The van der Waals surface area contributed by atoms with Gasteiger partial charge in [0.2, 0.25) is 5.88 Å². The van der Waals surface area contributed by atoms with E-state index < -0.39 is 11.2 Å². The van der Waals surface area contributed by atoms with Gasteiger partial charge in [-0.15, -0.1) is 0 Å². The summed E-state index contributed by atoms with van der Waals surface area (Å²) in [7, 11) is 0. The van der Waals surface area contributed by atoms with Gasteiger partial charge in [0.25, 0.3) is 5.56 Å². The van der Waals surface area contributed by atoms with Crippen LogP contribution in [0.5, 0.6) is 11.6 Å². The van der Waals surface area contributed by atoms with E-state index in [0.29, 0.717) is 5.75 Å². The molecule has 0 bridgehead atoms. The number of rotatable bonds is 7. The molecule has 2 aromatic carbocycles. The van der Waals surface area contributed by atoms with Crippen LogP contribution in [0.4, 0.5) is 0 Å². The monoisotopic (exact) mass is 368 g/mol. The van der Waals surface area contributed by atoms with Gasteiger partial charge in [0.15, 0.2) is 0 Å². The summed E-state index contributed by atoms with van der Waals surface area (Å²) in [6.07, 6.45) is 0.278. The van der Waals surface area contributed by atoms with Crippen LogP contribution in [0.2, 0.25) is 0 Å². The van der Waals surface area contributed by atoms with Crippen LogP contribution in [-0.2, 0) is 24.5 Å². The minimum absolute atomic E-state index is 0.0667. The maximum Gasteiger partial charge on any atom is 0.369 e. The van der Waals surface area contributed by atoms with Gasteiger partial charge < -0.3 is 14.7 Å². The number of hydrogen-bond acceptors (Lipinski definition) is 5. The SMILES string of the molecule is CCc1c(Oc2ccccc2)n(COCc2ccccc2)c(=O)n(O)c1=O. The first kappa shape index (κ1) is 18.5. The maximum atomic E-state index is 12.4. The topological polar surface area (TPSA) is 82.7 Å². The van der Waals surface area contributed by atoms with Crippen LogP contribution in [-0.4, -0.2) is 14.5 Å². The molecule has 0 aliphatic heterocycles. The summed E-state index contributed by atoms with van der Waals surface area (Å²) in [5.74, 6) is 0.538. The summed E-state index contributed by atoms with van der Waals surface area (Å²) in [5.41, 5.74) is -0.600. The van der Waals surface area contributed by atoms with Crippen LogP contribution >= 0.6 is 0 Å². The maximum absolute atomic E-state index is 12.4. The van der Waals surface area contributed by atoms with Crippen LogP contribution in [0.15, 0.2) is 70.3 Å². The lowest BCUT2D eigenvalue weighted by atomic mass is 10.2. The average molecular weight is 368 g/mol. The van der Waals surface area contributed by atoms with E-state index in [1.54, 1.807) is 31.2 Å². The second-order valence-electron chi connectivity index (χ2n) is 5.84. The summed E-state index contributed by atoms with van der Waals surface area (Å²) in [5, 5.41) is 9.87. The van der Waals surface area contributed by atoms with Crippen molar-refractivity contribution < 1.29 is 14.7 Å². The molecule has 0 saturated heterocycles. The van der Waals surface area contributed by atoms with Gasteiger partial charge >= 0.3 is 5.69 Å². The van der Waals surface area contributed by atoms with Gasteiger partial charge in [-0.05, 0) is 24.1 Å². The van der Waals surface area contributed by atoms with Crippen LogP contribution < -0.4 is 16.0 Å². The van der Waals surface area contributed by atoms with Crippen molar-refractivity contribution in [1.29, 1.82) is 0 Å². The number of nitrogens with zero attached hydrogens (tertiary/aromatic N) is 2. The molecule has 1 heterocycles. The molecule has 140 valence electrons. The highest BCUT2D eigenvalue weighted by atomic mass is 16.5. The smallest absolute Gasteiger partial charge is 0.369 e. The summed E-state index contributed by atoms with van der Waals surface area (Å²) in [6.45, 7) is 1.84. The minimum atomic E-state index is -0.920. The molecule has 0 atom stereocenters. The van der Waals surface area contributed by atoms with Crippen LogP contribution in [0.1, 0.15) is 18.1 Å². The molecule has 27 heavy (non-hydrogen) atoms. The Hall–Kier alpha value is -3.32. The molecule has 0 amide bonds. The summed E-state index contributed by atoms with van der Waals surface area (Å²) in [6, 6.07) is 18.3. The summed E-state index contributed by atoms with van der Waals surface area (Å²) >= 11 is 0. The zero-order valence-electron chi connectivity index (χ0n) is 14.9. The Kier molecular flexibility index (Phi) is 5.73. The highest BCUT2D eigenvalue weighted by molar-refractivity contribution is 5.31. The molecule has 0 saturated carbocycles. The minimum Gasteiger partial charge on any atom is -0.440 e. The van der Waals surface area contributed by atoms with Gasteiger partial charge in [-0.25, -0.2) is 9.36 Å². The molecule has 0 unspecified atom stereocenters. The fourth-order valence-electron chi connectivity index (χ4n) is 2.63. The molecule has 7 nitrogen and oxygen atoms in total. The fourth-order valence-corrected chi connectivity index (χ4v) is 2.63. The highest BCUT2D eigenvalue weighted by Crippen LogP contribution is 2.22. The van der Waals surface area contributed by atoms with E-state index in [1.807, 2.05) is 36.4 Å². The third kappa shape index (κ3) is 4.09. The number of para-hydroxylation sites is 1. The highest BCUT2D eigenvalue weighted by Gasteiger charge is 2.20. The van der Waals surface area contributed by atoms with E-state index in [1.165, 1.54) is 0 Å². The largest absolute Gasteiger partial charge is 0.440 e. The second-order valence-corrected chi connectivity index (χ2v) is 5.84. The first-order chi connectivity index (χ1) is 13.1. The van der Waals surface area contributed by atoms with E-state index in [-0.39, 0.29) is 35.9 Å². The molecular formula is C20H20N2O5. The second kappa shape index (κ2) is 8.37. The van der Waals surface area contributed by atoms with Gasteiger partial charge in [-0.1, -0.05) is 60.2 Å². The lowest BCUT2D eigenvalue weighted by Crippen LogP contribution is -2.41. The molecular weight excluding hydrogens is 348 g/mol. The standard InChI is InChI=1S/C20H20N2O5/c1-2-17-18(23)22(25)20(24)21(14-26-13-15-9-5-3-6-10-15)19(17)27-16-11-7-4-8-12-16/h3-12,25H,2,13-14H2,1H3. The molecule has 0 spiro atoms. The van der Waals surface area contributed by atoms with Crippen molar-refractivity contribution >= 4 is 0 Å². The van der Waals surface area contributed by atoms with Crippen LogP contribution in [0, 0.1) is 0 Å². The number of ether oxygens (including phenoxy) is 2. The third-order valence-electron chi connectivity index (χ3n) is 4.01. The zero-order chi connectivity index (χ0) is 19.2. The first-order valence-electron chi connectivity index (χ1n) is 8.54. The summed E-state index contributed by atoms with van der Waals surface area (Å²) in [4.78, 5) is 24.7. The van der Waals surface area contributed by atoms with E-state index in [4.69, 9.17) is 9.47 Å². The van der Waals surface area contributed by atoms with Crippen molar-refractivity contribution in [3.63, 3.8) is 0 Å². The van der Waals surface area contributed by atoms with Gasteiger partial charge in [-0.3, -0.25) is 4.79 Å². The number of hydrogen-bond donors (Lipinski definition) is 1. The van der Waals surface area contributed by atoms with Gasteiger partial charge in [-0.2, -0.15) is 0 Å². The van der Waals surface area contributed by atoms with Crippen molar-refractivity contribution in [3.8, 4) is 11.6 Å². The third-order valence-corrected chi connectivity index (χ3v) is 4.01. The summed E-state index contributed by atoms with van der Waals surface area (Å²) < 4.78 is 12.6. The molecule has 3 aromatic rings. The van der Waals surface area contributed by atoms with E-state index in [2.05, 4.69) is 0 Å². The van der Waals surface area contributed by atoms with E-state index in [9.17, 15) is 14.8 Å². The predicted molar refractivity (Wildman–Crippen MR) is 99.3 cm³/mol. The molecule has 1 aromatic heterocycles. The van der Waals surface area contributed by atoms with Gasteiger partial charge in [0.1, 0.15) is 12.5 Å². The van der Waals surface area contributed by atoms with Crippen LogP contribution in [0.25, 0.3) is 0 Å². The Morgan fingerprint density at radius 3 is 2.22 bits per heavy atom. The van der Waals surface area contributed by atoms with Gasteiger partial charge in [0.05, 0.1) is 12.2 Å². The van der Waals surface area contributed by atoms with Crippen molar-refractivity contribution in [3.05, 3.63) is 92.6 Å². The molecule has 1 N–H and O–H groups in total. The Bertz CT molecular complexity index is 1010. The van der Waals surface area contributed by atoms with Crippen molar-refractivity contribution in [2.24, 2.45) is 0 Å². The average Bonchev–Trinajstić information content (AvgIpc) is 2.70. The Labute approximate surface area is 155 Å². The Balaban J connectivity index is 1.96. The lowest BCUT2D eigenvalue weighted by Gasteiger charge is -2.17. The lowest BCUT2D eigenvalue weighted by molar-refractivity contribution is 0.0469. The van der Waals surface area contributed by atoms with Gasteiger partial charge in [0, 0.05) is 0 Å². The molecule has 7 heteroatoms. The zero-order valence-corrected chi connectivity index (χ0v) is 14.9. The Morgan fingerprint density at radius 1 is 0.963 bits per heavy atom. The molecule has 0 aliphatic rings. The molecule has 3 rings (SSSR count). The van der Waals surface area contributed by atoms with Crippen molar-refractivity contribution in [2.75, 3.05) is 0 Å². The first-order valence-corrected chi connectivity index (χ1v) is 8.54. The van der Waals surface area contributed by atoms with E-state index >= 15 is 0 Å². The molecule has 0 fully saturated rings. The van der Waals surface area contributed by atoms with Crippen molar-refractivity contribution in [2.45, 2.75) is 26.7 Å². The number of benzene rings is 2. The Morgan fingerprint density at radius 2 is 1.59 bits per heavy atom. The predicted octanol–water partition coefficient (Wildman–Crippen LogP) is 2.78.